The Morgan fingerprint density at radius 3 is 2.68 bits per heavy atom. The van der Waals surface area contributed by atoms with Gasteiger partial charge in [0.2, 0.25) is 0 Å². The molecule has 1 aromatic rings. The molecule has 2 N–H and O–H groups in total. The van der Waals surface area contributed by atoms with Gasteiger partial charge in [-0.3, -0.25) is 4.79 Å². The number of nitrogens with zero attached hydrogens (tertiary/aromatic N) is 1. The number of aliphatic carboxylic acids is 1. The Hall–Kier alpha value is -1.63. The molecule has 0 unspecified atom stereocenters. The van der Waals surface area contributed by atoms with Crippen molar-refractivity contribution in [1.82, 2.24) is 4.90 Å². The van der Waals surface area contributed by atoms with Crippen molar-refractivity contribution in [3.63, 3.8) is 0 Å². The number of anilines is 1. The van der Waals surface area contributed by atoms with Gasteiger partial charge in [-0.05, 0) is 41.1 Å². The third-order valence-electron chi connectivity index (χ3n) is 2.44. The van der Waals surface area contributed by atoms with Crippen LogP contribution in [0.15, 0.2) is 22.7 Å². The molecule has 0 heterocycles. The van der Waals surface area contributed by atoms with Crippen LogP contribution in [0.2, 0.25) is 0 Å². The normalized spacial score (nSPS) is 10.1. The van der Waals surface area contributed by atoms with Crippen molar-refractivity contribution in [1.29, 1.82) is 0 Å². The van der Waals surface area contributed by atoms with E-state index in [2.05, 4.69) is 21.2 Å². The highest BCUT2D eigenvalue weighted by Gasteiger charge is 2.13. The first-order valence-electron chi connectivity index (χ1n) is 5.66. The first kappa shape index (κ1) is 15.4. The molecule has 104 valence electrons. The molecule has 0 aliphatic carbocycles. The molecule has 0 radical (unpaired) electrons. The first-order valence-corrected chi connectivity index (χ1v) is 6.46. The fraction of sp³-hybridized carbons (Fsp3) is 0.333. The Balaban J connectivity index is 2.65. The Morgan fingerprint density at radius 2 is 2.16 bits per heavy atom. The van der Waals surface area contributed by atoms with E-state index in [-0.39, 0.29) is 17.4 Å². The number of hydrogen-bond donors (Lipinski definition) is 2. The molecular formula is C12H14BrFN2O3. The minimum absolute atomic E-state index is 0.117. The molecule has 0 saturated heterocycles. The summed E-state index contributed by atoms with van der Waals surface area (Å²) < 4.78 is 13.3. The van der Waals surface area contributed by atoms with Crippen LogP contribution in [-0.4, -0.2) is 35.1 Å². The van der Waals surface area contributed by atoms with Crippen LogP contribution in [-0.2, 0) is 4.79 Å². The van der Waals surface area contributed by atoms with Crippen molar-refractivity contribution in [3.8, 4) is 0 Å². The van der Waals surface area contributed by atoms with Crippen LogP contribution >= 0.6 is 15.9 Å². The summed E-state index contributed by atoms with van der Waals surface area (Å²) in [6, 6.07) is 3.69. The van der Waals surface area contributed by atoms with Crippen LogP contribution in [0.25, 0.3) is 0 Å². The second kappa shape index (κ2) is 7.08. The van der Waals surface area contributed by atoms with Gasteiger partial charge in [-0.25, -0.2) is 9.18 Å². The number of rotatable bonds is 5. The standard InChI is InChI=1S/C12H14BrFN2O3/c1-2-16(6-5-11(17)18)12(19)15-8-3-4-10(14)9(13)7-8/h3-4,7H,2,5-6H2,1H3,(H,15,19)(H,17,18). The Labute approximate surface area is 118 Å². The zero-order valence-electron chi connectivity index (χ0n) is 10.3. The molecule has 5 nitrogen and oxygen atoms in total. The van der Waals surface area contributed by atoms with Gasteiger partial charge in [0.05, 0.1) is 10.9 Å². The highest BCUT2D eigenvalue weighted by Crippen LogP contribution is 2.20. The molecule has 0 aromatic heterocycles. The van der Waals surface area contributed by atoms with Crippen LogP contribution < -0.4 is 5.32 Å². The van der Waals surface area contributed by atoms with E-state index in [1.165, 1.54) is 23.1 Å². The Kier molecular flexibility index (Phi) is 5.75. The lowest BCUT2D eigenvalue weighted by Crippen LogP contribution is -2.36. The fourth-order valence-corrected chi connectivity index (χ4v) is 1.79. The monoisotopic (exact) mass is 332 g/mol. The molecule has 0 aliphatic rings. The molecule has 0 fully saturated rings. The van der Waals surface area contributed by atoms with Gasteiger partial charge >= 0.3 is 12.0 Å². The number of carbonyl (C=O) groups is 2. The van der Waals surface area contributed by atoms with Crippen molar-refractivity contribution in [2.24, 2.45) is 0 Å². The van der Waals surface area contributed by atoms with Crippen molar-refractivity contribution < 1.29 is 19.1 Å². The molecule has 1 rings (SSSR count). The number of nitrogens with one attached hydrogen (secondary N) is 1. The number of amides is 2. The van der Waals surface area contributed by atoms with Gasteiger partial charge in [0.1, 0.15) is 5.82 Å². The Bertz CT molecular complexity index is 482. The second-order valence-corrected chi connectivity index (χ2v) is 4.64. The van der Waals surface area contributed by atoms with Crippen molar-refractivity contribution >= 4 is 33.6 Å². The van der Waals surface area contributed by atoms with E-state index in [0.29, 0.717) is 12.2 Å². The van der Waals surface area contributed by atoms with E-state index >= 15 is 0 Å². The number of urea groups is 1. The summed E-state index contributed by atoms with van der Waals surface area (Å²) >= 11 is 3.02. The summed E-state index contributed by atoms with van der Waals surface area (Å²) in [7, 11) is 0. The molecule has 0 saturated carbocycles. The van der Waals surface area contributed by atoms with E-state index in [9.17, 15) is 14.0 Å². The third-order valence-corrected chi connectivity index (χ3v) is 3.04. The molecule has 0 aliphatic heterocycles. The molecule has 19 heavy (non-hydrogen) atoms. The topological polar surface area (TPSA) is 69.6 Å². The van der Waals surface area contributed by atoms with Gasteiger partial charge in [-0.15, -0.1) is 0 Å². The third kappa shape index (κ3) is 4.86. The summed E-state index contributed by atoms with van der Waals surface area (Å²) in [5.74, 6) is -1.38. The summed E-state index contributed by atoms with van der Waals surface area (Å²) in [4.78, 5) is 23.7. The maximum atomic E-state index is 13.0. The maximum Gasteiger partial charge on any atom is 0.321 e. The van der Waals surface area contributed by atoms with E-state index in [4.69, 9.17) is 5.11 Å². The largest absolute Gasteiger partial charge is 0.481 e. The smallest absolute Gasteiger partial charge is 0.321 e. The van der Waals surface area contributed by atoms with Crippen LogP contribution in [0, 0.1) is 5.82 Å². The van der Waals surface area contributed by atoms with Crippen LogP contribution in [0.5, 0.6) is 0 Å². The van der Waals surface area contributed by atoms with Crippen molar-refractivity contribution in [2.75, 3.05) is 18.4 Å². The molecular weight excluding hydrogens is 319 g/mol. The molecule has 2 amide bonds. The minimum Gasteiger partial charge on any atom is -0.481 e. The van der Waals surface area contributed by atoms with E-state index in [1.54, 1.807) is 6.92 Å². The number of benzene rings is 1. The van der Waals surface area contributed by atoms with Crippen molar-refractivity contribution in [3.05, 3.63) is 28.5 Å². The average Bonchev–Trinajstić information content (AvgIpc) is 2.34. The highest BCUT2D eigenvalue weighted by molar-refractivity contribution is 9.10. The highest BCUT2D eigenvalue weighted by atomic mass is 79.9. The van der Waals surface area contributed by atoms with Crippen LogP contribution in [0.4, 0.5) is 14.9 Å². The number of carboxylic acids is 1. The van der Waals surface area contributed by atoms with Crippen LogP contribution in [0.3, 0.4) is 0 Å². The molecule has 1 aromatic carbocycles. The summed E-state index contributed by atoms with van der Waals surface area (Å²) in [6.45, 7) is 2.27. The quantitative estimate of drug-likeness (QED) is 0.870. The maximum absolute atomic E-state index is 13.0. The molecule has 7 heteroatoms. The Morgan fingerprint density at radius 1 is 1.47 bits per heavy atom. The fourth-order valence-electron chi connectivity index (χ4n) is 1.41. The van der Waals surface area contributed by atoms with Crippen molar-refractivity contribution in [2.45, 2.75) is 13.3 Å². The van der Waals surface area contributed by atoms with E-state index < -0.39 is 17.8 Å². The van der Waals surface area contributed by atoms with Gasteiger partial charge in [0, 0.05) is 18.8 Å². The van der Waals surface area contributed by atoms with Gasteiger partial charge in [-0.2, -0.15) is 0 Å². The average molecular weight is 333 g/mol. The predicted octanol–water partition coefficient (Wildman–Crippen LogP) is 2.92. The molecule has 0 spiro atoms. The minimum atomic E-state index is -0.962. The summed E-state index contributed by atoms with van der Waals surface area (Å²) in [5.41, 5.74) is 0.437. The zero-order chi connectivity index (χ0) is 14.4. The van der Waals surface area contributed by atoms with Crippen LogP contribution in [0.1, 0.15) is 13.3 Å². The number of carbonyl (C=O) groups excluding carboxylic acids is 1. The summed E-state index contributed by atoms with van der Waals surface area (Å²) in [6.07, 6.45) is -0.117. The molecule has 0 atom stereocenters. The van der Waals surface area contributed by atoms with Gasteiger partial charge in [-0.1, -0.05) is 0 Å². The van der Waals surface area contributed by atoms with E-state index in [0.717, 1.165) is 0 Å². The van der Waals surface area contributed by atoms with Gasteiger partial charge in [0.25, 0.3) is 0 Å². The number of carboxylic acid groups (broad SMARTS) is 1. The second-order valence-electron chi connectivity index (χ2n) is 3.78. The number of hydrogen-bond acceptors (Lipinski definition) is 2. The lowest BCUT2D eigenvalue weighted by molar-refractivity contribution is -0.137. The first-order chi connectivity index (χ1) is 8.93. The lowest BCUT2D eigenvalue weighted by atomic mass is 10.3. The van der Waals surface area contributed by atoms with Gasteiger partial charge in [0.15, 0.2) is 0 Å². The summed E-state index contributed by atoms with van der Waals surface area (Å²) in [5, 5.41) is 11.2. The SMILES string of the molecule is CCN(CCC(=O)O)C(=O)Nc1ccc(F)c(Br)c1. The molecule has 0 bridgehead atoms. The van der Waals surface area contributed by atoms with E-state index in [1.807, 2.05) is 0 Å². The number of halogens is 2. The lowest BCUT2D eigenvalue weighted by Gasteiger charge is -2.20. The predicted molar refractivity (Wildman–Crippen MR) is 72.6 cm³/mol. The van der Waals surface area contributed by atoms with Gasteiger partial charge < -0.3 is 15.3 Å². The zero-order valence-corrected chi connectivity index (χ0v) is 11.9.